The monoisotopic (exact) mass is 285 g/mol. The highest BCUT2D eigenvalue weighted by Crippen LogP contribution is 2.22. The third kappa shape index (κ3) is 3.18. The minimum atomic E-state index is -0.244. The molecule has 18 heavy (non-hydrogen) atoms. The van der Waals surface area contributed by atoms with Crippen molar-refractivity contribution in [2.75, 3.05) is 5.32 Å². The lowest BCUT2D eigenvalue weighted by atomic mass is 10.3. The number of hydrogen-bond acceptors (Lipinski definition) is 4. The van der Waals surface area contributed by atoms with Crippen molar-refractivity contribution in [3.8, 4) is 0 Å². The molecule has 2 rings (SSSR count). The van der Waals surface area contributed by atoms with Crippen molar-refractivity contribution in [3.63, 3.8) is 0 Å². The predicted octanol–water partition coefficient (Wildman–Crippen LogP) is 1.70. The van der Waals surface area contributed by atoms with Crippen molar-refractivity contribution in [3.05, 3.63) is 34.1 Å². The van der Waals surface area contributed by atoms with E-state index in [0.29, 0.717) is 21.6 Å². The van der Waals surface area contributed by atoms with Crippen LogP contribution in [0, 0.1) is 0 Å². The number of benzene rings is 1. The van der Waals surface area contributed by atoms with E-state index in [-0.39, 0.29) is 12.3 Å². The number of amides is 1. The molecular formula is C10H9Cl2N5O. The lowest BCUT2D eigenvalue weighted by Crippen LogP contribution is -2.17. The summed E-state index contributed by atoms with van der Waals surface area (Å²) >= 11 is 11.7. The van der Waals surface area contributed by atoms with Gasteiger partial charge in [-0.2, -0.15) is 0 Å². The first-order valence-corrected chi connectivity index (χ1v) is 5.77. The second kappa shape index (κ2) is 5.32. The van der Waals surface area contributed by atoms with Crippen LogP contribution in [0.4, 0.5) is 5.69 Å². The molecule has 0 saturated carbocycles. The van der Waals surface area contributed by atoms with Crippen LogP contribution in [0.3, 0.4) is 0 Å². The molecule has 1 heterocycles. The van der Waals surface area contributed by atoms with Gasteiger partial charge in [0.1, 0.15) is 0 Å². The molecule has 0 aliphatic heterocycles. The van der Waals surface area contributed by atoms with Gasteiger partial charge in [-0.25, -0.2) is 4.68 Å². The van der Waals surface area contributed by atoms with Gasteiger partial charge in [-0.15, -0.1) is 5.10 Å². The van der Waals surface area contributed by atoms with E-state index in [2.05, 4.69) is 20.8 Å². The van der Waals surface area contributed by atoms with Crippen molar-refractivity contribution < 1.29 is 4.79 Å². The number of aryl methyl sites for hydroxylation is 1. The van der Waals surface area contributed by atoms with E-state index in [1.54, 1.807) is 25.2 Å². The number of nitrogens with one attached hydrogen (secondary N) is 1. The van der Waals surface area contributed by atoms with Gasteiger partial charge in [-0.05, 0) is 28.6 Å². The molecule has 0 spiro atoms. The number of anilines is 1. The highest BCUT2D eigenvalue weighted by molar-refractivity contribution is 6.35. The standard InChI is InChI=1S/C10H9Cl2N5O/c1-17-9(14-15-16-17)5-10(18)13-8-3-6(11)2-7(12)4-8/h2-4H,5H2,1H3,(H,13,18). The molecular weight excluding hydrogens is 277 g/mol. The highest BCUT2D eigenvalue weighted by Gasteiger charge is 2.10. The smallest absolute Gasteiger partial charge is 0.232 e. The third-order valence-electron chi connectivity index (χ3n) is 2.17. The molecule has 94 valence electrons. The molecule has 1 amide bonds. The number of hydrogen-bond donors (Lipinski definition) is 1. The number of carbonyl (C=O) groups excluding carboxylic acids is 1. The second-order valence-electron chi connectivity index (χ2n) is 3.60. The minimum absolute atomic E-state index is 0.0770. The molecule has 6 nitrogen and oxygen atoms in total. The zero-order valence-corrected chi connectivity index (χ0v) is 10.9. The van der Waals surface area contributed by atoms with E-state index in [0.717, 1.165) is 0 Å². The summed E-state index contributed by atoms with van der Waals surface area (Å²) in [7, 11) is 1.67. The van der Waals surface area contributed by atoms with E-state index in [9.17, 15) is 4.79 Å². The molecule has 0 bridgehead atoms. The summed E-state index contributed by atoms with van der Waals surface area (Å²) < 4.78 is 1.44. The Kier molecular flexibility index (Phi) is 3.78. The van der Waals surface area contributed by atoms with Crippen LogP contribution < -0.4 is 5.32 Å². The van der Waals surface area contributed by atoms with Crippen molar-refractivity contribution in [2.24, 2.45) is 7.05 Å². The topological polar surface area (TPSA) is 72.7 Å². The zero-order chi connectivity index (χ0) is 13.1. The fourth-order valence-corrected chi connectivity index (χ4v) is 1.90. The van der Waals surface area contributed by atoms with Gasteiger partial charge in [-0.1, -0.05) is 23.2 Å². The molecule has 1 N–H and O–H groups in total. The Morgan fingerprint density at radius 2 is 2.00 bits per heavy atom. The lowest BCUT2D eigenvalue weighted by Gasteiger charge is -2.05. The molecule has 0 aliphatic rings. The van der Waals surface area contributed by atoms with Crippen molar-refractivity contribution in [1.29, 1.82) is 0 Å². The highest BCUT2D eigenvalue weighted by atomic mass is 35.5. The first kappa shape index (κ1) is 12.8. The molecule has 0 saturated heterocycles. The van der Waals surface area contributed by atoms with Gasteiger partial charge >= 0.3 is 0 Å². The molecule has 1 aromatic carbocycles. The molecule has 2 aromatic rings. The summed E-state index contributed by atoms with van der Waals surface area (Å²) in [6, 6.07) is 4.81. The maximum atomic E-state index is 11.7. The average molecular weight is 286 g/mol. The Labute approximate surface area is 113 Å². The molecule has 0 aliphatic carbocycles. The summed E-state index contributed by atoms with van der Waals surface area (Å²) in [5.41, 5.74) is 0.535. The van der Waals surface area contributed by atoms with E-state index in [4.69, 9.17) is 23.2 Å². The maximum absolute atomic E-state index is 11.7. The number of rotatable bonds is 3. The SMILES string of the molecule is Cn1nnnc1CC(=O)Nc1cc(Cl)cc(Cl)c1. The van der Waals surface area contributed by atoms with Crippen LogP contribution in [0.2, 0.25) is 10.0 Å². The quantitative estimate of drug-likeness (QED) is 0.932. The number of halogens is 2. The lowest BCUT2D eigenvalue weighted by molar-refractivity contribution is -0.115. The van der Waals surface area contributed by atoms with Gasteiger partial charge < -0.3 is 5.32 Å². The van der Waals surface area contributed by atoms with Crippen LogP contribution in [0.25, 0.3) is 0 Å². The maximum Gasteiger partial charge on any atom is 0.232 e. The molecule has 0 radical (unpaired) electrons. The van der Waals surface area contributed by atoms with Crippen LogP contribution >= 0.6 is 23.2 Å². The fraction of sp³-hybridized carbons (Fsp3) is 0.200. The largest absolute Gasteiger partial charge is 0.326 e. The van der Waals surface area contributed by atoms with E-state index in [1.807, 2.05) is 0 Å². The Bertz CT molecular complexity index is 563. The number of nitrogens with zero attached hydrogens (tertiary/aromatic N) is 4. The summed E-state index contributed by atoms with van der Waals surface area (Å²) in [6.07, 6.45) is 0.0770. The van der Waals surface area contributed by atoms with Gasteiger partial charge in [0.05, 0.1) is 6.42 Å². The van der Waals surface area contributed by atoms with Crippen LogP contribution in [0.5, 0.6) is 0 Å². The second-order valence-corrected chi connectivity index (χ2v) is 4.47. The average Bonchev–Trinajstić information content (AvgIpc) is 2.62. The Balaban J connectivity index is 2.05. The summed E-state index contributed by atoms with van der Waals surface area (Å²) in [4.78, 5) is 11.7. The van der Waals surface area contributed by atoms with Gasteiger partial charge in [-0.3, -0.25) is 4.79 Å². The number of carbonyl (C=O) groups is 1. The van der Waals surface area contributed by atoms with Gasteiger partial charge in [0.15, 0.2) is 5.82 Å². The Morgan fingerprint density at radius 1 is 1.33 bits per heavy atom. The predicted molar refractivity (Wildman–Crippen MR) is 67.6 cm³/mol. The number of tetrazole rings is 1. The van der Waals surface area contributed by atoms with Gasteiger partial charge in [0, 0.05) is 22.8 Å². The molecule has 0 unspecified atom stereocenters. The Hall–Kier alpha value is -1.66. The van der Waals surface area contributed by atoms with Crippen molar-refractivity contribution in [2.45, 2.75) is 6.42 Å². The van der Waals surface area contributed by atoms with Crippen LogP contribution in [0.15, 0.2) is 18.2 Å². The molecule has 8 heteroatoms. The first-order chi connectivity index (χ1) is 8.54. The van der Waals surface area contributed by atoms with Gasteiger partial charge in [0.2, 0.25) is 5.91 Å². The Morgan fingerprint density at radius 3 is 2.56 bits per heavy atom. The van der Waals surface area contributed by atoms with Crippen LogP contribution in [-0.2, 0) is 18.3 Å². The third-order valence-corrected chi connectivity index (χ3v) is 2.61. The molecule has 1 aromatic heterocycles. The van der Waals surface area contributed by atoms with E-state index >= 15 is 0 Å². The summed E-state index contributed by atoms with van der Waals surface area (Å²) in [6.45, 7) is 0. The fourth-order valence-electron chi connectivity index (χ4n) is 1.37. The normalized spacial score (nSPS) is 10.4. The summed E-state index contributed by atoms with van der Waals surface area (Å²) in [5, 5.41) is 14.4. The van der Waals surface area contributed by atoms with Gasteiger partial charge in [0.25, 0.3) is 0 Å². The van der Waals surface area contributed by atoms with Crippen LogP contribution in [-0.4, -0.2) is 26.1 Å². The first-order valence-electron chi connectivity index (χ1n) is 5.02. The van der Waals surface area contributed by atoms with Crippen molar-refractivity contribution >= 4 is 34.8 Å². The molecule has 0 fully saturated rings. The number of aromatic nitrogens is 4. The van der Waals surface area contributed by atoms with Crippen molar-refractivity contribution in [1.82, 2.24) is 20.2 Å². The van der Waals surface area contributed by atoms with Crippen LogP contribution in [0.1, 0.15) is 5.82 Å². The van der Waals surface area contributed by atoms with E-state index in [1.165, 1.54) is 4.68 Å². The minimum Gasteiger partial charge on any atom is -0.326 e. The zero-order valence-electron chi connectivity index (χ0n) is 9.39. The molecule has 0 atom stereocenters. The van der Waals surface area contributed by atoms with E-state index < -0.39 is 0 Å². The summed E-state index contributed by atoms with van der Waals surface area (Å²) in [5.74, 6) is 0.229.